The first-order valence-electron chi connectivity index (χ1n) is 5.75. The van der Waals surface area contributed by atoms with Crippen LogP contribution in [0.15, 0.2) is 18.5 Å². The molecule has 0 fully saturated rings. The summed E-state index contributed by atoms with van der Waals surface area (Å²) in [5, 5.41) is 3.16. The zero-order valence-electron chi connectivity index (χ0n) is 10.8. The van der Waals surface area contributed by atoms with E-state index in [2.05, 4.69) is 34.3 Å². The minimum atomic E-state index is 0.850. The number of hydrogen-bond donors (Lipinski definition) is 1. The average Bonchev–Trinajstić information content (AvgIpc) is 2.59. The Morgan fingerprint density at radius 1 is 1.24 bits per heavy atom. The topological polar surface area (TPSA) is 42.7 Å². The Morgan fingerprint density at radius 3 is 2.59 bits per heavy atom. The Morgan fingerprint density at radius 2 is 2.00 bits per heavy atom. The molecule has 2 rings (SSSR count). The molecule has 0 radical (unpaired) electrons. The Hall–Kier alpha value is -1.68. The van der Waals surface area contributed by atoms with Gasteiger partial charge in [0.1, 0.15) is 12.1 Å². The summed E-state index contributed by atoms with van der Waals surface area (Å²) < 4.78 is 2.03. The average molecular weight is 230 g/mol. The van der Waals surface area contributed by atoms with Gasteiger partial charge in [-0.05, 0) is 45.5 Å². The van der Waals surface area contributed by atoms with Gasteiger partial charge in [-0.1, -0.05) is 0 Å². The summed E-state index contributed by atoms with van der Waals surface area (Å²) in [5.74, 6) is 0.938. The van der Waals surface area contributed by atoms with Crippen LogP contribution in [0.3, 0.4) is 0 Å². The summed E-state index contributed by atoms with van der Waals surface area (Å²) in [5.41, 5.74) is 4.45. The van der Waals surface area contributed by atoms with Gasteiger partial charge in [0.2, 0.25) is 0 Å². The molecule has 0 unspecified atom stereocenters. The Bertz CT molecular complexity index is 528. The molecule has 0 bridgehead atoms. The van der Waals surface area contributed by atoms with E-state index in [0.29, 0.717) is 0 Å². The first-order valence-corrected chi connectivity index (χ1v) is 5.75. The molecular weight excluding hydrogens is 212 g/mol. The number of aromatic nitrogens is 3. The summed E-state index contributed by atoms with van der Waals surface area (Å²) in [4.78, 5) is 8.86. The highest BCUT2D eigenvalue weighted by atomic mass is 15.1. The van der Waals surface area contributed by atoms with Crippen LogP contribution in [0.25, 0.3) is 5.82 Å². The van der Waals surface area contributed by atoms with Crippen molar-refractivity contribution in [2.24, 2.45) is 0 Å². The standard InChI is InChI=1S/C13H18N4/c1-9-5-12(7-14-4)6-13(16-9)17-8-15-10(2)11(17)3/h5-6,8,14H,7H2,1-4H3. The van der Waals surface area contributed by atoms with Gasteiger partial charge in [0.15, 0.2) is 0 Å². The van der Waals surface area contributed by atoms with Crippen molar-refractivity contribution in [2.75, 3.05) is 7.05 Å². The third-order valence-corrected chi connectivity index (χ3v) is 2.88. The molecule has 17 heavy (non-hydrogen) atoms. The van der Waals surface area contributed by atoms with Gasteiger partial charge in [0.25, 0.3) is 0 Å². The van der Waals surface area contributed by atoms with Gasteiger partial charge < -0.3 is 5.32 Å². The molecule has 2 aromatic heterocycles. The van der Waals surface area contributed by atoms with E-state index >= 15 is 0 Å². The molecule has 0 saturated heterocycles. The first-order chi connectivity index (χ1) is 8.11. The first kappa shape index (κ1) is 11.8. The van der Waals surface area contributed by atoms with Gasteiger partial charge in [-0.25, -0.2) is 9.97 Å². The van der Waals surface area contributed by atoms with Crippen molar-refractivity contribution >= 4 is 0 Å². The van der Waals surface area contributed by atoms with Crippen LogP contribution in [0.5, 0.6) is 0 Å². The number of nitrogens with zero attached hydrogens (tertiary/aromatic N) is 3. The second-order valence-electron chi connectivity index (χ2n) is 4.29. The van der Waals surface area contributed by atoms with Gasteiger partial charge >= 0.3 is 0 Å². The summed E-state index contributed by atoms with van der Waals surface area (Å²) >= 11 is 0. The molecule has 0 aromatic carbocycles. The quantitative estimate of drug-likeness (QED) is 0.876. The molecule has 1 N–H and O–H groups in total. The van der Waals surface area contributed by atoms with E-state index in [9.17, 15) is 0 Å². The monoisotopic (exact) mass is 230 g/mol. The third kappa shape index (κ3) is 2.36. The van der Waals surface area contributed by atoms with E-state index in [1.807, 2.05) is 31.8 Å². The smallest absolute Gasteiger partial charge is 0.138 e. The fourth-order valence-electron chi connectivity index (χ4n) is 1.88. The van der Waals surface area contributed by atoms with E-state index in [4.69, 9.17) is 0 Å². The molecule has 0 aliphatic heterocycles. The third-order valence-electron chi connectivity index (χ3n) is 2.88. The predicted octanol–water partition coefficient (Wildman–Crippen LogP) is 1.91. The predicted molar refractivity (Wildman–Crippen MR) is 68.3 cm³/mol. The molecular formula is C13H18N4. The van der Waals surface area contributed by atoms with Gasteiger partial charge in [-0.2, -0.15) is 0 Å². The zero-order valence-corrected chi connectivity index (χ0v) is 10.8. The number of aryl methyl sites for hydroxylation is 2. The Kier molecular flexibility index (Phi) is 3.24. The highest BCUT2D eigenvalue weighted by molar-refractivity contribution is 5.33. The van der Waals surface area contributed by atoms with Crippen LogP contribution in [0.4, 0.5) is 0 Å². The van der Waals surface area contributed by atoms with Crippen LogP contribution in [-0.4, -0.2) is 21.6 Å². The maximum absolute atomic E-state index is 4.56. The van der Waals surface area contributed by atoms with E-state index in [1.54, 1.807) is 0 Å². The molecule has 4 heteroatoms. The molecule has 0 atom stereocenters. The lowest BCUT2D eigenvalue weighted by Gasteiger charge is -2.08. The van der Waals surface area contributed by atoms with Gasteiger partial charge in [-0.3, -0.25) is 4.57 Å². The van der Waals surface area contributed by atoms with Crippen molar-refractivity contribution in [3.63, 3.8) is 0 Å². The summed E-state index contributed by atoms with van der Waals surface area (Å²) in [6, 6.07) is 4.19. The van der Waals surface area contributed by atoms with Crippen LogP contribution >= 0.6 is 0 Å². The highest BCUT2D eigenvalue weighted by Gasteiger charge is 2.07. The fourth-order valence-corrected chi connectivity index (χ4v) is 1.88. The van der Waals surface area contributed by atoms with E-state index in [0.717, 1.165) is 29.4 Å². The van der Waals surface area contributed by atoms with Crippen LogP contribution < -0.4 is 5.32 Å². The highest BCUT2D eigenvalue weighted by Crippen LogP contribution is 2.14. The molecule has 0 amide bonds. The number of hydrogen-bond acceptors (Lipinski definition) is 3. The lowest BCUT2D eigenvalue weighted by molar-refractivity contribution is 0.808. The normalized spacial score (nSPS) is 10.8. The maximum Gasteiger partial charge on any atom is 0.138 e. The molecule has 90 valence electrons. The molecule has 2 aromatic rings. The Balaban J connectivity index is 2.48. The molecule has 0 aliphatic rings. The van der Waals surface area contributed by atoms with Crippen molar-refractivity contribution in [3.05, 3.63) is 41.1 Å². The van der Waals surface area contributed by atoms with Gasteiger partial charge in [0, 0.05) is 17.9 Å². The summed E-state index contributed by atoms with van der Waals surface area (Å²) in [7, 11) is 1.95. The molecule has 2 heterocycles. The maximum atomic E-state index is 4.56. The van der Waals surface area contributed by atoms with E-state index in [1.165, 1.54) is 5.56 Å². The lowest BCUT2D eigenvalue weighted by Crippen LogP contribution is -2.08. The van der Waals surface area contributed by atoms with Crippen molar-refractivity contribution in [1.82, 2.24) is 19.9 Å². The van der Waals surface area contributed by atoms with Gasteiger partial charge in [0.05, 0.1) is 5.69 Å². The minimum Gasteiger partial charge on any atom is -0.316 e. The molecule has 0 spiro atoms. The fraction of sp³-hybridized carbons (Fsp3) is 0.385. The van der Waals surface area contributed by atoms with Crippen LogP contribution in [0.1, 0.15) is 22.6 Å². The largest absolute Gasteiger partial charge is 0.316 e. The number of nitrogens with one attached hydrogen (secondary N) is 1. The second kappa shape index (κ2) is 4.67. The van der Waals surface area contributed by atoms with Crippen molar-refractivity contribution in [1.29, 1.82) is 0 Å². The van der Waals surface area contributed by atoms with Gasteiger partial charge in [-0.15, -0.1) is 0 Å². The number of rotatable bonds is 3. The SMILES string of the molecule is CNCc1cc(C)nc(-n2cnc(C)c2C)c1. The number of imidazole rings is 1. The summed E-state index contributed by atoms with van der Waals surface area (Å²) in [6.07, 6.45) is 1.83. The number of pyridine rings is 1. The van der Waals surface area contributed by atoms with Crippen LogP contribution in [-0.2, 0) is 6.54 Å². The minimum absolute atomic E-state index is 0.850. The summed E-state index contributed by atoms with van der Waals surface area (Å²) in [6.45, 7) is 6.94. The zero-order chi connectivity index (χ0) is 12.4. The van der Waals surface area contributed by atoms with Crippen molar-refractivity contribution < 1.29 is 0 Å². The van der Waals surface area contributed by atoms with E-state index < -0.39 is 0 Å². The second-order valence-corrected chi connectivity index (χ2v) is 4.29. The van der Waals surface area contributed by atoms with Crippen molar-refractivity contribution in [3.8, 4) is 5.82 Å². The molecule has 4 nitrogen and oxygen atoms in total. The molecule has 0 aliphatic carbocycles. The Labute approximate surface area is 102 Å². The van der Waals surface area contributed by atoms with Crippen LogP contribution in [0.2, 0.25) is 0 Å². The lowest BCUT2D eigenvalue weighted by atomic mass is 10.2. The van der Waals surface area contributed by atoms with E-state index in [-0.39, 0.29) is 0 Å². The van der Waals surface area contributed by atoms with Crippen LogP contribution in [0, 0.1) is 20.8 Å². The van der Waals surface area contributed by atoms with Crippen molar-refractivity contribution in [2.45, 2.75) is 27.3 Å². The molecule has 0 saturated carbocycles.